The summed E-state index contributed by atoms with van der Waals surface area (Å²) in [5.41, 5.74) is -2.92. The number of benzene rings is 5. The molecule has 0 aliphatic carbocycles. The molecule has 12 N–H and O–H groups in total. The monoisotopic (exact) mass is 906 g/mol. The fourth-order valence-corrected chi connectivity index (χ4v) is 6.14. The molecule has 0 aromatic heterocycles. The van der Waals surface area contributed by atoms with Crippen molar-refractivity contribution >= 4 is 29.8 Å². The van der Waals surface area contributed by atoms with E-state index in [4.69, 9.17) is 28.4 Å². The van der Waals surface area contributed by atoms with Gasteiger partial charge in [-0.05, 0) is 85.3 Å². The van der Waals surface area contributed by atoms with E-state index in [9.17, 15) is 85.3 Å². The van der Waals surface area contributed by atoms with Crippen molar-refractivity contribution < 1.29 is 114 Å². The molecule has 6 rings (SSSR count). The molecular formula is C42H34O23. The van der Waals surface area contributed by atoms with Gasteiger partial charge in [0, 0.05) is 0 Å². The molecule has 0 radical (unpaired) electrons. The molecule has 0 spiro atoms. The molecule has 5 atom stereocenters. The van der Waals surface area contributed by atoms with Crippen LogP contribution >= 0.6 is 0 Å². The van der Waals surface area contributed by atoms with Gasteiger partial charge in [-0.1, -0.05) is 0 Å². The zero-order valence-electron chi connectivity index (χ0n) is 32.9. The number of ether oxygens (including phenoxy) is 6. The molecule has 1 heterocycles. The fourth-order valence-electron chi connectivity index (χ4n) is 6.14. The van der Waals surface area contributed by atoms with Crippen LogP contribution in [0, 0.1) is 6.92 Å². The molecule has 23 nitrogen and oxygen atoms in total. The van der Waals surface area contributed by atoms with E-state index in [1.807, 2.05) is 0 Å². The first kappa shape index (κ1) is 45.5. The second-order valence-corrected chi connectivity index (χ2v) is 14.0. The van der Waals surface area contributed by atoms with Gasteiger partial charge in [0.2, 0.25) is 12.4 Å². The summed E-state index contributed by atoms with van der Waals surface area (Å²) in [5.74, 6) is -18.5. The fraction of sp³-hybridized carbons (Fsp3) is 0.167. The van der Waals surface area contributed by atoms with Crippen molar-refractivity contribution in [3.8, 4) is 69.0 Å². The van der Waals surface area contributed by atoms with E-state index >= 15 is 0 Å². The number of carbonyl (C=O) groups is 5. The Morgan fingerprint density at radius 1 is 0.431 bits per heavy atom. The van der Waals surface area contributed by atoms with Gasteiger partial charge in [-0.3, -0.25) is 0 Å². The Kier molecular flexibility index (Phi) is 12.7. The summed E-state index contributed by atoms with van der Waals surface area (Å²) < 4.78 is 33.8. The molecule has 5 unspecified atom stereocenters. The first-order chi connectivity index (χ1) is 30.6. The van der Waals surface area contributed by atoms with Crippen molar-refractivity contribution in [1.29, 1.82) is 0 Å². The van der Waals surface area contributed by atoms with Crippen molar-refractivity contribution in [1.82, 2.24) is 0 Å². The number of hydrogen-bond donors (Lipinski definition) is 12. The number of carbonyl (C=O) groups excluding carboxylic acids is 5. The molecule has 5 aromatic carbocycles. The lowest BCUT2D eigenvalue weighted by Gasteiger charge is -2.43. The van der Waals surface area contributed by atoms with Crippen molar-refractivity contribution in [3.63, 3.8) is 0 Å². The van der Waals surface area contributed by atoms with E-state index < -0.39 is 153 Å². The van der Waals surface area contributed by atoms with Crippen LogP contribution in [0.15, 0.2) is 72.8 Å². The number of rotatable bonds is 11. The van der Waals surface area contributed by atoms with Gasteiger partial charge >= 0.3 is 29.8 Å². The van der Waals surface area contributed by atoms with Gasteiger partial charge < -0.3 is 89.7 Å². The molecule has 1 saturated heterocycles. The van der Waals surface area contributed by atoms with E-state index in [0.717, 1.165) is 36.4 Å². The number of aryl methyl sites for hydroxylation is 1. The van der Waals surface area contributed by atoms with E-state index in [1.54, 1.807) is 0 Å². The highest BCUT2D eigenvalue weighted by Crippen LogP contribution is 2.40. The maximum atomic E-state index is 13.9. The first-order valence-corrected chi connectivity index (χ1v) is 18.4. The smallest absolute Gasteiger partial charge is 0.340 e. The standard InChI is InChI=1S/C42H34O23/c1-15-6-17(7-22(44)30(15)51)41(59)65-42-36(64-40(58)20-12-27(49)33(54)28(50)13-20)35(63-39(57)19-10-25(47)32(53)26(48)11-19)34(62-38(56)18-8-23(45)31(52)24(46)9-18)29(61-42)14-60-37(55)16-2-4-21(43)5-3-16/h2-13,29,34-36,42-54H,14H2,1H3. The molecule has 340 valence electrons. The lowest BCUT2D eigenvalue weighted by atomic mass is 9.97. The SMILES string of the molecule is Cc1cc(C(=O)OC2OC(COC(=O)c3ccc(O)cc3)C(OC(=O)c3cc(O)c(O)c(O)c3)C(OC(=O)c3cc(O)c(O)c(O)c3)C2OC(=O)c2cc(O)c(O)c(O)c2)cc(O)c1O. The minimum absolute atomic E-state index is 0.0547. The van der Waals surface area contributed by atoms with Gasteiger partial charge in [-0.2, -0.15) is 0 Å². The minimum Gasteiger partial charge on any atom is -0.508 e. The van der Waals surface area contributed by atoms with Crippen LogP contribution in [0.3, 0.4) is 0 Å². The van der Waals surface area contributed by atoms with E-state index in [0.29, 0.717) is 36.4 Å². The second-order valence-electron chi connectivity index (χ2n) is 14.0. The number of aromatic hydroxyl groups is 12. The van der Waals surface area contributed by atoms with Crippen LogP contribution in [-0.4, -0.2) is 128 Å². The zero-order chi connectivity index (χ0) is 47.6. The lowest BCUT2D eigenvalue weighted by molar-refractivity contribution is -0.282. The molecule has 1 aliphatic rings. The quantitative estimate of drug-likeness (QED) is 0.0515. The van der Waals surface area contributed by atoms with Crippen LogP contribution < -0.4 is 0 Å². The predicted molar refractivity (Wildman–Crippen MR) is 209 cm³/mol. The van der Waals surface area contributed by atoms with Crippen LogP contribution in [0.25, 0.3) is 0 Å². The van der Waals surface area contributed by atoms with Gasteiger partial charge in [-0.25, -0.2) is 24.0 Å². The average Bonchev–Trinajstić information content (AvgIpc) is 3.26. The van der Waals surface area contributed by atoms with Crippen LogP contribution in [0.1, 0.15) is 57.4 Å². The van der Waals surface area contributed by atoms with Crippen molar-refractivity contribution in [2.24, 2.45) is 0 Å². The highest BCUT2D eigenvalue weighted by molar-refractivity contribution is 5.94. The summed E-state index contributed by atoms with van der Waals surface area (Å²) in [4.78, 5) is 68.6. The normalized spacial score (nSPS) is 17.9. The lowest BCUT2D eigenvalue weighted by Crippen LogP contribution is -2.63. The molecule has 0 bridgehead atoms. The first-order valence-electron chi connectivity index (χ1n) is 18.4. The number of hydrogen-bond acceptors (Lipinski definition) is 23. The summed E-state index contributed by atoms with van der Waals surface area (Å²) in [6, 6.07) is 9.93. The van der Waals surface area contributed by atoms with Crippen LogP contribution in [0.5, 0.6) is 69.0 Å². The summed E-state index contributed by atoms with van der Waals surface area (Å²) >= 11 is 0. The van der Waals surface area contributed by atoms with Gasteiger partial charge in [0.1, 0.15) is 18.5 Å². The van der Waals surface area contributed by atoms with E-state index in [1.165, 1.54) is 6.92 Å². The summed E-state index contributed by atoms with van der Waals surface area (Å²) in [6.07, 6.45) is -11.5. The molecule has 0 amide bonds. The van der Waals surface area contributed by atoms with Crippen LogP contribution in [0.4, 0.5) is 0 Å². The third kappa shape index (κ3) is 9.74. The number of esters is 5. The topological polar surface area (TPSA) is 383 Å². The predicted octanol–water partition coefficient (Wildman–Crippen LogP) is 2.88. The highest BCUT2D eigenvalue weighted by atomic mass is 16.7. The Morgan fingerprint density at radius 2 is 0.785 bits per heavy atom. The second kappa shape index (κ2) is 18.2. The molecular weight excluding hydrogens is 872 g/mol. The molecule has 0 saturated carbocycles. The van der Waals surface area contributed by atoms with Crippen molar-refractivity contribution in [2.75, 3.05) is 6.61 Å². The Balaban J connectivity index is 1.51. The zero-order valence-corrected chi connectivity index (χ0v) is 32.9. The van der Waals surface area contributed by atoms with Crippen LogP contribution in [-0.2, 0) is 28.4 Å². The average molecular weight is 907 g/mol. The number of phenolic OH excluding ortho intramolecular Hbond substituents is 12. The Hall–Kier alpha value is -8.99. The minimum atomic E-state index is -2.41. The molecule has 1 aliphatic heterocycles. The highest BCUT2D eigenvalue weighted by Gasteiger charge is 2.55. The van der Waals surface area contributed by atoms with Gasteiger partial charge in [0.15, 0.2) is 75.5 Å². The van der Waals surface area contributed by atoms with Crippen LogP contribution in [0.2, 0.25) is 0 Å². The number of phenols is 12. The Bertz CT molecular complexity index is 2620. The third-order valence-corrected chi connectivity index (χ3v) is 9.46. The van der Waals surface area contributed by atoms with Crippen molar-refractivity contribution in [2.45, 2.75) is 37.6 Å². The Labute approximate surface area is 362 Å². The Morgan fingerprint density at radius 3 is 1.20 bits per heavy atom. The van der Waals surface area contributed by atoms with E-state index in [-0.39, 0.29) is 16.9 Å². The largest absolute Gasteiger partial charge is 0.508 e. The summed E-state index contributed by atoms with van der Waals surface area (Å²) in [6.45, 7) is 0.238. The molecule has 1 fully saturated rings. The summed E-state index contributed by atoms with van der Waals surface area (Å²) in [5, 5.41) is 121. The molecule has 5 aromatic rings. The maximum absolute atomic E-state index is 13.9. The van der Waals surface area contributed by atoms with Gasteiger partial charge in [-0.15, -0.1) is 0 Å². The van der Waals surface area contributed by atoms with E-state index in [2.05, 4.69) is 0 Å². The third-order valence-electron chi connectivity index (χ3n) is 9.46. The summed E-state index contributed by atoms with van der Waals surface area (Å²) in [7, 11) is 0. The van der Waals surface area contributed by atoms with Gasteiger partial charge in [0.25, 0.3) is 0 Å². The van der Waals surface area contributed by atoms with Crippen molar-refractivity contribution in [3.05, 3.63) is 106 Å². The maximum Gasteiger partial charge on any atom is 0.340 e. The molecule has 23 heteroatoms. The van der Waals surface area contributed by atoms with Gasteiger partial charge in [0.05, 0.1) is 27.8 Å². The molecule has 65 heavy (non-hydrogen) atoms.